The van der Waals surface area contributed by atoms with Crippen LogP contribution in [0.5, 0.6) is 0 Å². The van der Waals surface area contributed by atoms with Crippen LogP contribution in [-0.2, 0) is 9.05 Å². The van der Waals surface area contributed by atoms with Crippen molar-refractivity contribution in [2.24, 2.45) is 0 Å². The van der Waals surface area contributed by atoms with Gasteiger partial charge < -0.3 is 0 Å². The zero-order valence-electron chi connectivity index (χ0n) is 6.99. The highest BCUT2D eigenvalue weighted by atomic mass is 35.7. The molecule has 1 rings (SSSR count). The lowest BCUT2D eigenvalue weighted by molar-refractivity contribution is 0.101. The number of nitrogens with zero attached hydrogens (tertiary/aromatic N) is 1. The Labute approximate surface area is 84.1 Å². The van der Waals surface area contributed by atoms with Crippen molar-refractivity contribution in [2.45, 2.75) is 11.9 Å². The van der Waals surface area contributed by atoms with Gasteiger partial charge in [0.05, 0.1) is 0 Å². The van der Waals surface area contributed by atoms with Crippen LogP contribution in [0, 0.1) is 5.82 Å². The molecule has 0 fully saturated rings. The Kier molecular flexibility index (Phi) is 2.86. The van der Waals surface area contributed by atoms with Crippen molar-refractivity contribution >= 4 is 25.5 Å². The molecule has 76 valence electrons. The fourth-order valence-corrected chi connectivity index (χ4v) is 1.48. The van der Waals surface area contributed by atoms with Crippen molar-refractivity contribution in [3.8, 4) is 0 Å². The summed E-state index contributed by atoms with van der Waals surface area (Å²) in [4.78, 5) is 14.2. The molecule has 0 amide bonds. The van der Waals surface area contributed by atoms with Gasteiger partial charge in [0.25, 0.3) is 9.05 Å². The monoisotopic (exact) mass is 237 g/mol. The summed E-state index contributed by atoms with van der Waals surface area (Å²) in [6.45, 7) is 1.15. The lowest BCUT2D eigenvalue weighted by Crippen LogP contribution is -2.03. The van der Waals surface area contributed by atoms with E-state index in [1.54, 1.807) is 0 Å². The second-order valence-electron chi connectivity index (χ2n) is 2.50. The first-order valence-electron chi connectivity index (χ1n) is 3.44. The zero-order chi connectivity index (χ0) is 10.9. The fraction of sp³-hybridized carbons (Fsp3) is 0.143. The van der Waals surface area contributed by atoms with Gasteiger partial charge >= 0.3 is 0 Å². The van der Waals surface area contributed by atoms with E-state index >= 15 is 0 Å². The highest BCUT2D eigenvalue weighted by molar-refractivity contribution is 8.13. The maximum Gasteiger partial charge on any atom is 0.278 e. The molecule has 1 heterocycles. The number of ketones is 1. The minimum absolute atomic E-state index is 0.274. The summed E-state index contributed by atoms with van der Waals surface area (Å²) in [7, 11) is 0.826. The second kappa shape index (κ2) is 3.62. The van der Waals surface area contributed by atoms with E-state index in [2.05, 4.69) is 4.98 Å². The van der Waals surface area contributed by atoms with Gasteiger partial charge in [-0.15, -0.1) is 0 Å². The molecule has 1 aromatic heterocycles. The molecule has 0 aliphatic carbocycles. The van der Waals surface area contributed by atoms with E-state index in [-0.39, 0.29) is 5.69 Å². The van der Waals surface area contributed by atoms with E-state index < -0.39 is 25.7 Å². The van der Waals surface area contributed by atoms with E-state index in [1.807, 2.05) is 0 Å². The third-order valence-corrected chi connectivity index (χ3v) is 2.56. The van der Waals surface area contributed by atoms with Crippen LogP contribution in [0.4, 0.5) is 4.39 Å². The molecule has 1 aromatic rings. The number of pyridine rings is 1. The van der Waals surface area contributed by atoms with Crippen molar-refractivity contribution in [3.63, 3.8) is 0 Å². The molecule has 0 aliphatic rings. The maximum atomic E-state index is 12.8. The molecule has 14 heavy (non-hydrogen) atoms. The van der Waals surface area contributed by atoms with Crippen molar-refractivity contribution < 1.29 is 17.6 Å². The summed E-state index contributed by atoms with van der Waals surface area (Å²) in [6.07, 6.45) is 0. The number of rotatable bonds is 2. The predicted molar refractivity (Wildman–Crippen MR) is 47.2 cm³/mol. The van der Waals surface area contributed by atoms with Crippen molar-refractivity contribution in [1.29, 1.82) is 0 Å². The maximum absolute atomic E-state index is 12.8. The summed E-state index contributed by atoms with van der Waals surface area (Å²) in [5.74, 6) is -1.41. The minimum atomic E-state index is -4.11. The van der Waals surface area contributed by atoms with Crippen LogP contribution in [0.15, 0.2) is 17.2 Å². The minimum Gasteiger partial charge on any atom is -0.293 e. The van der Waals surface area contributed by atoms with Crippen LogP contribution in [0.25, 0.3) is 0 Å². The number of carbonyl (C=O) groups excluding carboxylic acids is 1. The molecule has 0 radical (unpaired) electrons. The van der Waals surface area contributed by atoms with Crippen molar-refractivity contribution in [1.82, 2.24) is 4.98 Å². The van der Waals surface area contributed by atoms with E-state index in [9.17, 15) is 17.6 Å². The Balaban J connectivity index is 3.43. The van der Waals surface area contributed by atoms with Gasteiger partial charge in [0.15, 0.2) is 10.8 Å². The zero-order valence-corrected chi connectivity index (χ0v) is 8.56. The number of halogens is 2. The summed E-state index contributed by atoms with van der Waals surface area (Å²) in [5.41, 5.74) is -0.274. The first-order valence-corrected chi connectivity index (χ1v) is 5.75. The molecule has 0 unspecified atom stereocenters. The van der Waals surface area contributed by atoms with Crippen LogP contribution in [0.3, 0.4) is 0 Å². The number of hydrogen-bond acceptors (Lipinski definition) is 4. The Morgan fingerprint density at radius 1 is 1.50 bits per heavy atom. The van der Waals surface area contributed by atoms with Crippen LogP contribution < -0.4 is 0 Å². The van der Waals surface area contributed by atoms with Gasteiger partial charge in [-0.3, -0.25) is 4.79 Å². The predicted octanol–water partition coefficient (Wildman–Crippen LogP) is 1.35. The quantitative estimate of drug-likeness (QED) is 0.575. The first-order chi connectivity index (χ1) is 6.30. The summed E-state index contributed by atoms with van der Waals surface area (Å²) < 4.78 is 34.4. The number of Topliss-reactive ketones (excluding diaryl/α,β-unsaturated/α-hetero) is 1. The number of carbonyl (C=O) groups is 1. The molecule has 0 aromatic carbocycles. The van der Waals surface area contributed by atoms with Gasteiger partial charge in [-0.25, -0.2) is 17.8 Å². The second-order valence-corrected chi connectivity index (χ2v) is 5.02. The third kappa shape index (κ3) is 2.49. The van der Waals surface area contributed by atoms with E-state index in [0.717, 1.165) is 13.0 Å². The molecule has 0 bridgehead atoms. The van der Waals surface area contributed by atoms with Gasteiger partial charge in [0, 0.05) is 29.7 Å². The molecule has 0 aliphatic heterocycles. The van der Waals surface area contributed by atoms with E-state index in [1.165, 1.54) is 0 Å². The van der Waals surface area contributed by atoms with Crippen molar-refractivity contribution in [2.75, 3.05) is 0 Å². The average molecular weight is 238 g/mol. The third-order valence-electron chi connectivity index (χ3n) is 1.38. The summed E-state index contributed by atoms with van der Waals surface area (Å²) in [5, 5.41) is -0.663. The molecule has 0 atom stereocenters. The van der Waals surface area contributed by atoms with Gasteiger partial charge in [-0.1, -0.05) is 0 Å². The van der Waals surface area contributed by atoms with Gasteiger partial charge in [-0.2, -0.15) is 0 Å². The Morgan fingerprint density at radius 3 is 2.50 bits per heavy atom. The Hall–Kier alpha value is -1.01. The van der Waals surface area contributed by atoms with Gasteiger partial charge in [0.1, 0.15) is 11.5 Å². The van der Waals surface area contributed by atoms with Gasteiger partial charge in [-0.05, 0) is 0 Å². The summed E-state index contributed by atoms with van der Waals surface area (Å²) in [6, 6.07) is 1.49. The SMILES string of the molecule is CC(=O)c1cc(F)cc(S(=O)(=O)Cl)n1. The van der Waals surface area contributed by atoms with Crippen LogP contribution in [-0.4, -0.2) is 19.2 Å². The molecule has 0 spiro atoms. The topological polar surface area (TPSA) is 64.1 Å². The molecule has 4 nitrogen and oxygen atoms in total. The number of hydrogen-bond donors (Lipinski definition) is 0. The van der Waals surface area contributed by atoms with Crippen LogP contribution in [0.1, 0.15) is 17.4 Å². The highest BCUT2D eigenvalue weighted by Crippen LogP contribution is 2.14. The molecule has 0 N–H and O–H groups in total. The van der Waals surface area contributed by atoms with E-state index in [4.69, 9.17) is 10.7 Å². The standard InChI is InChI=1S/C7H5ClFNO3S/c1-4(11)6-2-5(9)3-7(10-6)14(8,12)13/h2-3H,1H3. The Bertz CT molecular complexity index is 486. The summed E-state index contributed by atoms with van der Waals surface area (Å²) >= 11 is 0. The average Bonchev–Trinajstić information content (AvgIpc) is 2.01. The molecule has 7 heteroatoms. The lowest BCUT2D eigenvalue weighted by atomic mass is 10.3. The smallest absolute Gasteiger partial charge is 0.278 e. The molecular weight excluding hydrogens is 233 g/mol. The van der Waals surface area contributed by atoms with Crippen LogP contribution in [0.2, 0.25) is 0 Å². The Morgan fingerprint density at radius 2 is 2.07 bits per heavy atom. The van der Waals surface area contributed by atoms with E-state index in [0.29, 0.717) is 6.07 Å². The molecular formula is C7H5ClFNO3S. The van der Waals surface area contributed by atoms with Gasteiger partial charge in [0.2, 0.25) is 0 Å². The van der Waals surface area contributed by atoms with Crippen molar-refractivity contribution in [3.05, 3.63) is 23.6 Å². The number of aromatic nitrogens is 1. The highest BCUT2D eigenvalue weighted by Gasteiger charge is 2.15. The van der Waals surface area contributed by atoms with Crippen LogP contribution >= 0.6 is 10.7 Å². The molecule has 0 saturated heterocycles. The lowest BCUT2D eigenvalue weighted by Gasteiger charge is -1.98. The normalized spacial score (nSPS) is 11.4. The fourth-order valence-electron chi connectivity index (χ4n) is 0.779. The largest absolute Gasteiger partial charge is 0.293 e. The molecule has 0 saturated carbocycles. The first kappa shape index (κ1) is 11.1.